The Morgan fingerprint density at radius 1 is 1.40 bits per heavy atom. The summed E-state index contributed by atoms with van der Waals surface area (Å²) in [5.74, 6) is 0.350. The largest absolute Gasteiger partial charge is 0.496 e. The van der Waals surface area contributed by atoms with E-state index in [9.17, 15) is 9.90 Å². The van der Waals surface area contributed by atoms with Crippen LogP contribution in [0.1, 0.15) is 28.4 Å². The van der Waals surface area contributed by atoms with E-state index in [2.05, 4.69) is 5.32 Å². The maximum absolute atomic E-state index is 12.0. The van der Waals surface area contributed by atoms with Crippen LogP contribution in [0.25, 0.3) is 0 Å². The van der Waals surface area contributed by atoms with E-state index in [1.807, 2.05) is 22.9 Å². The molecule has 2 aromatic rings. The van der Waals surface area contributed by atoms with Gasteiger partial charge < -0.3 is 15.2 Å². The molecule has 0 aliphatic rings. The third kappa shape index (κ3) is 3.59. The SMILES string of the molecule is COc1ccccc1C(=O)NCCC(O)c1ccsc1. The number of rotatable bonds is 6. The van der Waals surface area contributed by atoms with E-state index in [1.54, 1.807) is 29.5 Å². The molecule has 1 unspecified atom stereocenters. The fourth-order valence-corrected chi connectivity index (χ4v) is 2.59. The van der Waals surface area contributed by atoms with E-state index < -0.39 is 6.10 Å². The van der Waals surface area contributed by atoms with Gasteiger partial charge in [-0.3, -0.25) is 4.79 Å². The van der Waals surface area contributed by atoms with E-state index in [0.717, 1.165) is 5.56 Å². The number of aliphatic hydroxyl groups excluding tert-OH is 1. The molecule has 0 fully saturated rings. The van der Waals surface area contributed by atoms with Crippen molar-refractivity contribution in [2.75, 3.05) is 13.7 Å². The first-order chi connectivity index (χ1) is 9.72. The maximum Gasteiger partial charge on any atom is 0.255 e. The predicted molar refractivity (Wildman–Crippen MR) is 79.2 cm³/mol. The molecule has 20 heavy (non-hydrogen) atoms. The van der Waals surface area contributed by atoms with Gasteiger partial charge >= 0.3 is 0 Å². The Bertz CT molecular complexity index is 554. The molecule has 2 N–H and O–H groups in total. The van der Waals surface area contributed by atoms with E-state index in [1.165, 1.54) is 7.11 Å². The second kappa shape index (κ2) is 7.07. The van der Waals surface area contributed by atoms with Crippen LogP contribution in [0.2, 0.25) is 0 Å². The molecule has 1 amide bonds. The van der Waals surface area contributed by atoms with Crippen LogP contribution >= 0.6 is 11.3 Å². The molecule has 1 aromatic heterocycles. The Morgan fingerprint density at radius 2 is 2.20 bits per heavy atom. The summed E-state index contributed by atoms with van der Waals surface area (Å²) in [7, 11) is 1.53. The number of nitrogens with one attached hydrogen (secondary N) is 1. The number of thiophene rings is 1. The minimum Gasteiger partial charge on any atom is -0.496 e. The Morgan fingerprint density at radius 3 is 2.90 bits per heavy atom. The van der Waals surface area contributed by atoms with Crippen molar-refractivity contribution in [3.63, 3.8) is 0 Å². The molecule has 4 nitrogen and oxygen atoms in total. The number of carbonyl (C=O) groups is 1. The van der Waals surface area contributed by atoms with E-state index in [-0.39, 0.29) is 5.91 Å². The minimum absolute atomic E-state index is 0.194. The van der Waals surface area contributed by atoms with Crippen LogP contribution in [0.5, 0.6) is 5.75 Å². The summed E-state index contributed by atoms with van der Waals surface area (Å²) >= 11 is 1.55. The van der Waals surface area contributed by atoms with Gasteiger partial charge in [-0.1, -0.05) is 12.1 Å². The number of methoxy groups -OCH3 is 1. The highest BCUT2D eigenvalue weighted by Gasteiger charge is 2.12. The van der Waals surface area contributed by atoms with Gasteiger partial charge in [0.2, 0.25) is 0 Å². The van der Waals surface area contributed by atoms with Crippen LogP contribution in [0.3, 0.4) is 0 Å². The molecule has 2 rings (SSSR count). The van der Waals surface area contributed by atoms with Crippen molar-refractivity contribution < 1.29 is 14.6 Å². The first kappa shape index (κ1) is 14.6. The first-order valence-corrected chi connectivity index (χ1v) is 7.28. The Balaban J connectivity index is 1.86. The fourth-order valence-electron chi connectivity index (χ4n) is 1.88. The molecule has 0 spiro atoms. The van der Waals surface area contributed by atoms with Crippen molar-refractivity contribution in [1.29, 1.82) is 0 Å². The Hall–Kier alpha value is -1.85. The molecule has 0 aliphatic carbocycles. The summed E-state index contributed by atoms with van der Waals surface area (Å²) < 4.78 is 5.14. The summed E-state index contributed by atoms with van der Waals surface area (Å²) in [4.78, 5) is 12.0. The number of hydrogen-bond acceptors (Lipinski definition) is 4. The lowest BCUT2D eigenvalue weighted by atomic mass is 10.1. The van der Waals surface area contributed by atoms with Gasteiger partial charge in [0.1, 0.15) is 5.75 Å². The number of hydrogen-bond donors (Lipinski definition) is 2. The third-order valence-corrected chi connectivity index (χ3v) is 3.68. The number of para-hydroxylation sites is 1. The van der Waals surface area contributed by atoms with Crippen molar-refractivity contribution in [2.45, 2.75) is 12.5 Å². The molecule has 0 saturated carbocycles. The first-order valence-electron chi connectivity index (χ1n) is 6.33. The smallest absolute Gasteiger partial charge is 0.255 e. The minimum atomic E-state index is -0.542. The van der Waals surface area contributed by atoms with Crippen LogP contribution in [0.4, 0.5) is 0 Å². The Labute approximate surface area is 122 Å². The monoisotopic (exact) mass is 291 g/mol. The second-order valence-electron chi connectivity index (χ2n) is 4.32. The van der Waals surface area contributed by atoms with Gasteiger partial charge in [-0.2, -0.15) is 11.3 Å². The molecular weight excluding hydrogens is 274 g/mol. The third-order valence-electron chi connectivity index (χ3n) is 2.98. The summed E-state index contributed by atoms with van der Waals surface area (Å²) in [5.41, 5.74) is 1.39. The second-order valence-corrected chi connectivity index (χ2v) is 5.10. The van der Waals surface area contributed by atoms with Gasteiger partial charge in [-0.05, 0) is 40.9 Å². The summed E-state index contributed by atoms with van der Waals surface area (Å²) in [6, 6.07) is 8.95. The highest BCUT2D eigenvalue weighted by Crippen LogP contribution is 2.19. The van der Waals surface area contributed by atoms with Gasteiger partial charge in [0, 0.05) is 6.54 Å². The van der Waals surface area contributed by atoms with Gasteiger partial charge in [0.15, 0.2) is 0 Å². The zero-order valence-corrected chi connectivity index (χ0v) is 12.0. The topological polar surface area (TPSA) is 58.6 Å². The highest BCUT2D eigenvalue weighted by molar-refractivity contribution is 7.07. The highest BCUT2D eigenvalue weighted by atomic mass is 32.1. The molecular formula is C15H17NO3S. The zero-order valence-electron chi connectivity index (χ0n) is 11.2. The van der Waals surface area contributed by atoms with Crippen LogP contribution in [-0.2, 0) is 0 Å². The van der Waals surface area contributed by atoms with Crippen molar-refractivity contribution >= 4 is 17.2 Å². The van der Waals surface area contributed by atoms with E-state index in [0.29, 0.717) is 24.3 Å². The van der Waals surface area contributed by atoms with Gasteiger partial charge in [0.05, 0.1) is 18.8 Å². The summed E-state index contributed by atoms with van der Waals surface area (Å²) in [5, 5.41) is 16.5. The molecule has 0 saturated heterocycles. The number of carbonyl (C=O) groups excluding carboxylic acids is 1. The molecule has 5 heteroatoms. The van der Waals surface area contributed by atoms with E-state index in [4.69, 9.17) is 4.74 Å². The average molecular weight is 291 g/mol. The van der Waals surface area contributed by atoms with E-state index >= 15 is 0 Å². The quantitative estimate of drug-likeness (QED) is 0.860. The van der Waals surface area contributed by atoms with Crippen LogP contribution < -0.4 is 10.1 Å². The number of aliphatic hydroxyl groups is 1. The molecule has 0 bridgehead atoms. The average Bonchev–Trinajstić information content (AvgIpc) is 3.01. The van der Waals surface area contributed by atoms with Crippen LogP contribution in [0.15, 0.2) is 41.1 Å². The lowest BCUT2D eigenvalue weighted by molar-refractivity contribution is 0.0939. The van der Waals surface area contributed by atoms with Gasteiger partial charge in [-0.25, -0.2) is 0 Å². The summed E-state index contributed by atoms with van der Waals surface area (Å²) in [6.45, 7) is 0.411. The lowest BCUT2D eigenvalue weighted by Gasteiger charge is -2.11. The molecule has 106 valence electrons. The van der Waals surface area contributed by atoms with Crippen molar-refractivity contribution in [1.82, 2.24) is 5.32 Å². The fraction of sp³-hybridized carbons (Fsp3) is 0.267. The normalized spacial score (nSPS) is 11.9. The van der Waals surface area contributed by atoms with Crippen molar-refractivity contribution in [3.8, 4) is 5.75 Å². The zero-order chi connectivity index (χ0) is 14.4. The molecule has 0 aliphatic heterocycles. The van der Waals surface area contributed by atoms with Crippen LogP contribution in [-0.4, -0.2) is 24.7 Å². The summed E-state index contributed by atoms with van der Waals surface area (Å²) in [6.07, 6.45) is -0.0586. The molecule has 0 radical (unpaired) electrons. The number of ether oxygens (including phenoxy) is 1. The van der Waals surface area contributed by atoms with Crippen molar-refractivity contribution in [2.24, 2.45) is 0 Å². The molecule has 1 heterocycles. The molecule has 1 atom stereocenters. The van der Waals surface area contributed by atoms with Gasteiger partial charge in [0.25, 0.3) is 5.91 Å². The molecule has 1 aromatic carbocycles. The standard InChI is InChI=1S/C15H17NO3S/c1-19-14-5-3-2-4-12(14)15(18)16-8-6-13(17)11-7-9-20-10-11/h2-5,7,9-10,13,17H,6,8H2,1H3,(H,16,18). The van der Waals surface area contributed by atoms with Crippen molar-refractivity contribution in [3.05, 3.63) is 52.2 Å². The van der Waals surface area contributed by atoms with Crippen LogP contribution in [0, 0.1) is 0 Å². The maximum atomic E-state index is 12.0. The predicted octanol–water partition coefficient (Wildman–Crippen LogP) is 2.61. The number of amides is 1. The Kier molecular flexibility index (Phi) is 5.15. The van der Waals surface area contributed by atoms with Gasteiger partial charge in [-0.15, -0.1) is 0 Å². The lowest BCUT2D eigenvalue weighted by Crippen LogP contribution is -2.26. The number of benzene rings is 1.